The molecule has 0 N–H and O–H groups in total. The van der Waals surface area contributed by atoms with Crippen LogP contribution in [0.1, 0.15) is 23.8 Å². The van der Waals surface area contributed by atoms with E-state index >= 15 is 0 Å². The fourth-order valence-corrected chi connectivity index (χ4v) is 5.03. The molecule has 4 nitrogen and oxygen atoms in total. The molecule has 0 fully saturated rings. The Kier molecular flexibility index (Phi) is 6.04. The summed E-state index contributed by atoms with van der Waals surface area (Å²) in [4.78, 5) is 19.5. The minimum absolute atomic E-state index is 0.212. The van der Waals surface area contributed by atoms with Gasteiger partial charge in [0.2, 0.25) is 0 Å². The molecule has 0 aliphatic rings. The van der Waals surface area contributed by atoms with Gasteiger partial charge in [-0.1, -0.05) is 24.8 Å². The molecule has 0 atom stereocenters. The summed E-state index contributed by atoms with van der Waals surface area (Å²) in [6, 6.07) is 6.85. The number of rotatable bonds is 6. The highest BCUT2D eigenvalue weighted by molar-refractivity contribution is 7.99. The maximum Gasteiger partial charge on any atom is 0.389 e. The van der Waals surface area contributed by atoms with Crippen LogP contribution in [0.4, 0.5) is 13.2 Å². The van der Waals surface area contributed by atoms with Crippen LogP contribution in [0.3, 0.4) is 0 Å². The summed E-state index contributed by atoms with van der Waals surface area (Å²) >= 11 is 2.35. The van der Waals surface area contributed by atoms with Gasteiger partial charge in [-0.25, -0.2) is 4.98 Å². The molecule has 0 aliphatic heterocycles. The van der Waals surface area contributed by atoms with Crippen LogP contribution >= 0.6 is 23.1 Å². The van der Waals surface area contributed by atoms with Crippen LogP contribution in [0.15, 0.2) is 34.2 Å². The molecule has 3 rings (SSSR count). The third-order valence-electron chi connectivity index (χ3n) is 4.28. The average Bonchev–Trinajstić information content (AvgIpc) is 2.96. The molecule has 0 saturated carbocycles. The number of thioether (sulfide) groups is 1. The number of aryl methyl sites for hydroxylation is 2. The third kappa shape index (κ3) is 4.20. The van der Waals surface area contributed by atoms with Gasteiger partial charge in [0, 0.05) is 16.7 Å². The molecular formula is C19H19F3N2O2S2. The lowest BCUT2D eigenvalue weighted by molar-refractivity contribution is -0.129. The van der Waals surface area contributed by atoms with Crippen molar-refractivity contribution in [3.8, 4) is 11.4 Å². The van der Waals surface area contributed by atoms with Crippen molar-refractivity contribution in [2.45, 2.75) is 38.0 Å². The lowest BCUT2D eigenvalue weighted by Gasteiger charge is -2.13. The number of thiophene rings is 1. The zero-order valence-corrected chi connectivity index (χ0v) is 17.2. The first kappa shape index (κ1) is 20.7. The van der Waals surface area contributed by atoms with Gasteiger partial charge in [0.15, 0.2) is 5.16 Å². The van der Waals surface area contributed by atoms with Gasteiger partial charge < -0.3 is 4.74 Å². The zero-order chi connectivity index (χ0) is 20.5. The van der Waals surface area contributed by atoms with Crippen LogP contribution in [0.25, 0.3) is 15.9 Å². The Balaban J connectivity index is 2.19. The molecule has 0 spiro atoms. The monoisotopic (exact) mass is 428 g/mol. The number of alkyl halides is 3. The topological polar surface area (TPSA) is 44.1 Å². The Bertz CT molecular complexity index is 1060. The number of nitrogens with zero attached hydrogens (tertiary/aromatic N) is 2. The predicted octanol–water partition coefficient (Wildman–Crippen LogP) is 5.37. The summed E-state index contributed by atoms with van der Waals surface area (Å²) in [7, 11) is 1.51. The summed E-state index contributed by atoms with van der Waals surface area (Å²) in [5, 5.41) is 0.767. The highest BCUT2D eigenvalue weighted by Gasteiger charge is 2.27. The quantitative estimate of drug-likeness (QED) is 0.391. The number of benzene rings is 1. The van der Waals surface area contributed by atoms with Crippen molar-refractivity contribution in [1.29, 1.82) is 0 Å². The fraction of sp³-hybridized carbons (Fsp3) is 0.368. The van der Waals surface area contributed by atoms with Crippen molar-refractivity contribution in [2.75, 3.05) is 12.9 Å². The van der Waals surface area contributed by atoms with Crippen molar-refractivity contribution in [1.82, 2.24) is 9.55 Å². The second kappa shape index (κ2) is 8.16. The zero-order valence-electron chi connectivity index (χ0n) is 15.6. The summed E-state index contributed by atoms with van der Waals surface area (Å²) in [6.45, 7) is 3.88. The van der Waals surface area contributed by atoms with Crippen molar-refractivity contribution >= 4 is 33.3 Å². The van der Waals surface area contributed by atoms with Crippen LogP contribution in [0.5, 0.6) is 5.75 Å². The van der Waals surface area contributed by atoms with Gasteiger partial charge in [-0.2, -0.15) is 13.2 Å². The van der Waals surface area contributed by atoms with Gasteiger partial charge in [0.1, 0.15) is 10.6 Å². The molecule has 0 aliphatic carbocycles. The van der Waals surface area contributed by atoms with E-state index in [1.54, 1.807) is 24.3 Å². The first-order valence-corrected chi connectivity index (χ1v) is 10.4. The van der Waals surface area contributed by atoms with Crippen LogP contribution in [-0.4, -0.2) is 28.6 Å². The largest absolute Gasteiger partial charge is 0.497 e. The van der Waals surface area contributed by atoms with Gasteiger partial charge in [-0.15, -0.1) is 11.3 Å². The van der Waals surface area contributed by atoms with Crippen molar-refractivity contribution in [3.05, 3.63) is 45.1 Å². The van der Waals surface area contributed by atoms with Gasteiger partial charge in [-0.3, -0.25) is 9.36 Å². The van der Waals surface area contributed by atoms with Crippen LogP contribution < -0.4 is 10.3 Å². The van der Waals surface area contributed by atoms with E-state index in [1.165, 1.54) is 23.0 Å². The normalized spacial score (nSPS) is 11.9. The van der Waals surface area contributed by atoms with Gasteiger partial charge in [0.25, 0.3) is 5.56 Å². The highest BCUT2D eigenvalue weighted by Crippen LogP contribution is 2.32. The molecule has 2 aromatic heterocycles. The fourth-order valence-electron chi connectivity index (χ4n) is 2.88. The van der Waals surface area contributed by atoms with E-state index in [-0.39, 0.29) is 16.5 Å². The molecule has 0 saturated heterocycles. The Labute approximate surface area is 168 Å². The number of aromatic nitrogens is 2. The second-order valence-corrected chi connectivity index (χ2v) is 8.28. The maximum atomic E-state index is 13.3. The lowest BCUT2D eigenvalue weighted by atomic mass is 10.2. The van der Waals surface area contributed by atoms with E-state index in [0.29, 0.717) is 21.7 Å². The summed E-state index contributed by atoms with van der Waals surface area (Å²) in [5.41, 5.74) is 1.11. The summed E-state index contributed by atoms with van der Waals surface area (Å²) < 4.78 is 44.4. The maximum absolute atomic E-state index is 13.3. The van der Waals surface area contributed by atoms with E-state index in [9.17, 15) is 18.0 Å². The Morgan fingerprint density at radius 2 is 2.07 bits per heavy atom. The first-order chi connectivity index (χ1) is 13.2. The summed E-state index contributed by atoms with van der Waals surface area (Å²) in [6.07, 6.45) is -4.44. The minimum Gasteiger partial charge on any atom is -0.497 e. The third-order valence-corrected chi connectivity index (χ3v) is 6.55. The van der Waals surface area contributed by atoms with E-state index in [2.05, 4.69) is 4.98 Å². The molecule has 150 valence electrons. The first-order valence-electron chi connectivity index (χ1n) is 8.64. The number of hydrogen-bond donors (Lipinski definition) is 0. The molecule has 0 bridgehead atoms. The van der Waals surface area contributed by atoms with Gasteiger partial charge in [0.05, 0.1) is 24.6 Å². The molecule has 0 radical (unpaired) electrons. The highest BCUT2D eigenvalue weighted by atomic mass is 32.2. The molecular weight excluding hydrogens is 409 g/mol. The number of methoxy groups -OCH3 is 1. The number of ether oxygens (including phenoxy) is 1. The minimum atomic E-state index is -4.26. The Morgan fingerprint density at radius 1 is 1.32 bits per heavy atom. The summed E-state index contributed by atoms with van der Waals surface area (Å²) in [5.74, 6) is 0.336. The van der Waals surface area contributed by atoms with E-state index in [1.807, 2.05) is 13.8 Å². The standard InChI is InChI=1S/C19H19F3N2O2S2/c1-4-14-11(2)15-16(28-14)23-18(27-9-8-19(20,21)22)24(17(15)25)12-6-5-7-13(10-12)26-3/h5-7,10H,4,8-9H2,1-3H3. The molecule has 9 heteroatoms. The Morgan fingerprint density at radius 3 is 2.71 bits per heavy atom. The van der Waals surface area contributed by atoms with E-state index < -0.39 is 12.6 Å². The van der Waals surface area contributed by atoms with Crippen LogP contribution in [-0.2, 0) is 6.42 Å². The van der Waals surface area contributed by atoms with Crippen molar-refractivity contribution in [3.63, 3.8) is 0 Å². The smallest absolute Gasteiger partial charge is 0.389 e. The van der Waals surface area contributed by atoms with Crippen molar-refractivity contribution < 1.29 is 17.9 Å². The van der Waals surface area contributed by atoms with Crippen molar-refractivity contribution in [2.24, 2.45) is 0 Å². The van der Waals surface area contributed by atoms with Crippen LogP contribution in [0.2, 0.25) is 0 Å². The second-order valence-electron chi connectivity index (χ2n) is 6.13. The van der Waals surface area contributed by atoms with E-state index in [0.717, 1.165) is 28.6 Å². The number of fused-ring (bicyclic) bond motifs is 1. The molecule has 28 heavy (non-hydrogen) atoms. The molecule has 0 unspecified atom stereocenters. The lowest BCUT2D eigenvalue weighted by Crippen LogP contribution is -2.22. The van der Waals surface area contributed by atoms with Gasteiger partial charge >= 0.3 is 6.18 Å². The van der Waals surface area contributed by atoms with E-state index in [4.69, 9.17) is 4.74 Å². The molecule has 2 heterocycles. The van der Waals surface area contributed by atoms with Gasteiger partial charge in [-0.05, 0) is 31.0 Å². The number of halogens is 3. The predicted molar refractivity (Wildman–Crippen MR) is 107 cm³/mol. The molecule has 1 aromatic carbocycles. The average molecular weight is 429 g/mol. The SMILES string of the molecule is CCc1sc2nc(SCCC(F)(F)F)n(-c3cccc(OC)c3)c(=O)c2c1C. The number of hydrogen-bond acceptors (Lipinski definition) is 5. The molecule has 0 amide bonds. The van der Waals surface area contributed by atoms with Crippen LogP contribution in [0, 0.1) is 6.92 Å². The molecule has 3 aromatic rings. The Hall–Kier alpha value is -2.00.